The number of pyridine rings is 2. The van der Waals surface area contributed by atoms with Gasteiger partial charge in [0.2, 0.25) is 0 Å². The Hall–Kier alpha value is -2.47. The number of carbonyl (C=O) groups excluding carboxylic acids is 1. The van der Waals surface area contributed by atoms with Crippen LogP contribution in [0.1, 0.15) is 22.8 Å². The van der Waals surface area contributed by atoms with Crippen LogP contribution >= 0.6 is 0 Å². The molecule has 0 bridgehead atoms. The number of amides is 1. The summed E-state index contributed by atoms with van der Waals surface area (Å²) in [4.78, 5) is 25.1. The molecule has 1 N–H and O–H groups in total. The second-order valence-electron chi connectivity index (χ2n) is 5.90. The molecule has 24 heavy (non-hydrogen) atoms. The maximum absolute atomic E-state index is 12.7. The smallest absolute Gasteiger partial charge is 0.255 e. The van der Waals surface area contributed by atoms with Gasteiger partial charge in [-0.1, -0.05) is 6.92 Å². The summed E-state index contributed by atoms with van der Waals surface area (Å²) in [6, 6.07) is 5.80. The molecular weight excluding hydrogens is 302 g/mol. The molecule has 6 heteroatoms. The van der Waals surface area contributed by atoms with Crippen LogP contribution in [0.25, 0.3) is 0 Å². The van der Waals surface area contributed by atoms with Gasteiger partial charge in [0.05, 0.1) is 11.3 Å². The zero-order valence-corrected chi connectivity index (χ0v) is 14.0. The molecular formula is C18H23N5O. The van der Waals surface area contributed by atoms with E-state index in [0.717, 1.165) is 44.0 Å². The third kappa shape index (κ3) is 4.08. The van der Waals surface area contributed by atoms with E-state index in [4.69, 9.17) is 0 Å². The lowest BCUT2D eigenvalue weighted by atomic mass is 10.2. The van der Waals surface area contributed by atoms with Gasteiger partial charge in [0.25, 0.3) is 5.91 Å². The van der Waals surface area contributed by atoms with Crippen molar-refractivity contribution in [1.29, 1.82) is 0 Å². The van der Waals surface area contributed by atoms with Crippen LogP contribution in [0, 0.1) is 0 Å². The summed E-state index contributed by atoms with van der Waals surface area (Å²) >= 11 is 0. The van der Waals surface area contributed by atoms with Gasteiger partial charge < -0.3 is 15.1 Å². The summed E-state index contributed by atoms with van der Waals surface area (Å²) in [7, 11) is 0. The van der Waals surface area contributed by atoms with Gasteiger partial charge in [0.1, 0.15) is 0 Å². The lowest BCUT2D eigenvalue weighted by molar-refractivity contribution is 0.0643. The molecule has 1 aliphatic heterocycles. The first-order valence-electron chi connectivity index (χ1n) is 8.35. The van der Waals surface area contributed by atoms with E-state index in [1.165, 1.54) is 0 Å². The van der Waals surface area contributed by atoms with Crippen LogP contribution in [-0.2, 0) is 6.54 Å². The van der Waals surface area contributed by atoms with E-state index in [1.54, 1.807) is 24.8 Å². The maximum Gasteiger partial charge on any atom is 0.255 e. The normalized spacial score (nSPS) is 15.3. The number of piperazine rings is 1. The Kier molecular flexibility index (Phi) is 5.38. The zero-order valence-electron chi connectivity index (χ0n) is 14.0. The van der Waals surface area contributed by atoms with E-state index < -0.39 is 0 Å². The van der Waals surface area contributed by atoms with Crippen molar-refractivity contribution in [3.05, 3.63) is 54.1 Å². The fourth-order valence-corrected chi connectivity index (χ4v) is 2.81. The van der Waals surface area contributed by atoms with Crippen LogP contribution < -0.4 is 5.32 Å². The van der Waals surface area contributed by atoms with E-state index in [1.807, 2.05) is 23.1 Å². The number of carbonyl (C=O) groups is 1. The molecule has 1 saturated heterocycles. The quantitative estimate of drug-likeness (QED) is 0.909. The highest BCUT2D eigenvalue weighted by atomic mass is 16.2. The third-order valence-corrected chi connectivity index (χ3v) is 4.34. The minimum absolute atomic E-state index is 0.0609. The topological polar surface area (TPSA) is 61.4 Å². The summed E-state index contributed by atoms with van der Waals surface area (Å²) in [5.41, 5.74) is 2.63. The molecule has 1 aliphatic rings. The predicted octanol–water partition coefficient (Wildman–Crippen LogP) is 1.87. The molecule has 0 aromatic carbocycles. The van der Waals surface area contributed by atoms with E-state index in [9.17, 15) is 4.79 Å². The Morgan fingerprint density at radius 2 is 1.88 bits per heavy atom. The molecule has 1 amide bonds. The summed E-state index contributed by atoms with van der Waals surface area (Å²) in [6.45, 7) is 7.31. The zero-order chi connectivity index (χ0) is 16.8. The average molecular weight is 325 g/mol. The van der Waals surface area contributed by atoms with Crippen molar-refractivity contribution in [2.45, 2.75) is 13.5 Å². The summed E-state index contributed by atoms with van der Waals surface area (Å²) in [5.74, 6) is 0.0609. The Balaban J connectivity index is 1.61. The standard InChI is InChI=1S/C18H23N5O/c1-2-22-7-9-23(10-8-22)18(24)16-11-17(14-20-13-16)21-12-15-3-5-19-6-4-15/h3-6,11,13-14,21H,2,7-10,12H2,1H3. The molecule has 2 aromatic rings. The lowest BCUT2D eigenvalue weighted by Gasteiger charge is -2.34. The maximum atomic E-state index is 12.7. The third-order valence-electron chi connectivity index (χ3n) is 4.34. The molecule has 3 heterocycles. The Morgan fingerprint density at radius 1 is 1.12 bits per heavy atom. The first-order valence-corrected chi connectivity index (χ1v) is 8.35. The predicted molar refractivity (Wildman–Crippen MR) is 93.8 cm³/mol. The summed E-state index contributed by atoms with van der Waals surface area (Å²) < 4.78 is 0. The highest BCUT2D eigenvalue weighted by molar-refractivity contribution is 5.94. The van der Waals surface area contributed by atoms with Crippen LogP contribution in [0.3, 0.4) is 0 Å². The molecule has 0 unspecified atom stereocenters. The van der Waals surface area contributed by atoms with Crippen LogP contribution in [-0.4, -0.2) is 58.4 Å². The molecule has 0 atom stereocenters. The number of hydrogen-bond acceptors (Lipinski definition) is 5. The van der Waals surface area contributed by atoms with Crippen molar-refractivity contribution >= 4 is 11.6 Å². The van der Waals surface area contributed by atoms with Gasteiger partial charge in [-0.05, 0) is 30.3 Å². The van der Waals surface area contributed by atoms with Crippen molar-refractivity contribution in [2.75, 3.05) is 38.0 Å². The van der Waals surface area contributed by atoms with E-state index in [2.05, 4.69) is 27.1 Å². The number of likely N-dealkylation sites (N-methyl/N-ethyl adjacent to an activating group) is 1. The van der Waals surface area contributed by atoms with Gasteiger partial charge in [-0.3, -0.25) is 14.8 Å². The van der Waals surface area contributed by atoms with E-state index >= 15 is 0 Å². The van der Waals surface area contributed by atoms with Gasteiger partial charge in [0.15, 0.2) is 0 Å². The van der Waals surface area contributed by atoms with Gasteiger partial charge in [-0.2, -0.15) is 0 Å². The van der Waals surface area contributed by atoms with Gasteiger partial charge in [-0.25, -0.2) is 0 Å². The molecule has 0 radical (unpaired) electrons. The number of hydrogen-bond donors (Lipinski definition) is 1. The SMILES string of the molecule is CCN1CCN(C(=O)c2cncc(NCc3ccncc3)c2)CC1. The van der Waals surface area contributed by atoms with Gasteiger partial charge in [0, 0.05) is 57.5 Å². The fourth-order valence-electron chi connectivity index (χ4n) is 2.81. The molecule has 0 saturated carbocycles. The Bertz CT molecular complexity index is 668. The molecule has 2 aromatic heterocycles. The second-order valence-corrected chi connectivity index (χ2v) is 5.90. The number of nitrogens with zero attached hydrogens (tertiary/aromatic N) is 4. The minimum atomic E-state index is 0.0609. The number of nitrogens with one attached hydrogen (secondary N) is 1. The fraction of sp³-hybridized carbons (Fsp3) is 0.389. The molecule has 0 aliphatic carbocycles. The van der Waals surface area contributed by atoms with Crippen molar-refractivity contribution in [3.63, 3.8) is 0 Å². The van der Waals surface area contributed by atoms with Crippen LogP contribution in [0.15, 0.2) is 43.0 Å². The summed E-state index contributed by atoms with van der Waals surface area (Å²) in [5, 5.41) is 3.31. The van der Waals surface area contributed by atoms with E-state index in [-0.39, 0.29) is 5.91 Å². The minimum Gasteiger partial charge on any atom is -0.380 e. The molecule has 1 fully saturated rings. The van der Waals surface area contributed by atoms with Gasteiger partial charge in [-0.15, -0.1) is 0 Å². The number of anilines is 1. The molecule has 6 nitrogen and oxygen atoms in total. The average Bonchev–Trinajstić information content (AvgIpc) is 2.67. The Labute approximate surface area is 142 Å². The number of aromatic nitrogens is 2. The highest BCUT2D eigenvalue weighted by Gasteiger charge is 2.21. The van der Waals surface area contributed by atoms with Crippen molar-refractivity contribution in [3.8, 4) is 0 Å². The molecule has 0 spiro atoms. The molecule has 3 rings (SSSR count). The number of rotatable bonds is 5. The summed E-state index contributed by atoms with van der Waals surface area (Å²) in [6.07, 6.45) is 6.93. The first-order chi connectivity index (χ1) is 11.8. The largest absolute Gasteiger partial charge is 0.380 e. The monoisotopic (exact) mass is 325 g/mol. The first kappa shape index (κ1) is 16.4. The second kappa shape index (κ2) is 7.88. The highest BCUT2D eigenvalue weighted by Crippen LogP contribution is 2.13. The van der Waals surface area contributed by atoms with Crippen LogP contribution in [0.4, 0.5) is 5.69 Å². The lowest BCUT2D eigenvalue weighted by Crippen LogP contribution is -2.48. The van der Waals surface area contributed by atoms with E-state index in [0.29, 0.717) is 12.1 Å². The van der Waals surface area contributed by atoms with Crippen molar-refractivity contribution < 1.29 is 4.79 Å². The Morgan fingerprint density at radius 3 is 2.58 bits per heavy atom. The van der Waals surface area contributed by atoms with Crippen molar-refractivity contribution in [2.24, 2.45) is 0 Å². The van der Waals surface area contributed by atoms with Crippen LogP contribution in [0.5, 0.6) is 0 Å². The van der Waals surface area contributed by atoms with Crippen molar-refractivity contribution in [1.82, 2.24) is 19.8 Å². The molecule has 126 valence electrons. The van der Waals surface area contributed by atoms with Gasteiger partial charge >= 0.3 is 0 Å². The van der Waals surface area contributed by atoms with Crippen LogP contribution in [0.2, 0.25) is 0 Å².